The van der Waals surface area contributed by atoms with Crippen molar-refractivity contribution in [2.24, 2.45) is 0 Å². The molecule has 0 unspecified atom stereocenters. The molecular formula is C20H23NO4S2. The summed E-state index contributed by atoms with van der Waals surface area (Å²) in [4.78, 5) is 15.5. The van der Waals surface area contributed by atoms with Crippen LogP contribution < -0.4 is 4.74 Å². The number of nitrogens with zero attached hydrogens (tertiary/aromatic N) is 1. The average molecular weight is 406 g/mol. The summed E-state index contributed by atoms with van der Waals surface area (Å²) in [6.45, 7) is 0.486. The topological polar surface area (TPSA) is 63.7 Å². The first-order chi connectivity index (χ1) is 12.9. The molecular weight excluding hydrogens is 382 g/mol. The summed E-state index contributed by atoms with van der Waals surface area (Å²) in [6, 6.07) is 15.0. The van der Waals surface area contributed by atoms with Crippen LogP contribution >= 0.6 is 11.8 Å². The van der Waals surface area contributed by atoms with E-state index in [-0.39, 0.29) is 22.7 Å². The number of hydrogen-bond acceptors (Lipinski definition) is 5. The highest BCUT2D eigenvalue weighted by Gasteiger charge is 2.29. The molecule has 0 saturated carbocycles. The Balaban J connectivity index is 1.72. The third-order valence-corrected chi connectivity index (χ3v) is 7.85. The summed E-state index contributed by atoms with van der Waals surface area (Å²) in [7, 11) is 0.454. The largest absolute Gasteiger partial charge is 0.497 e. The summed E-state index contributed by atoms with van der Waals surface area (Å²) in [5.41, 5.74) is 1.63. The maximum Gasteiger partial charge on any atom is 0.255 e. The monoisotopic (exact) mass is 405 g/mol. The molecule has 5 nitrogen and oxygen atoms in total. The van der Waals surface area contributed by atoms with Crippen molar-refractivity contribution in [2.75, 3.05) is 25.7 Å². The van der Waals surface area contributed by atoms with Gasteiger partial charge in [-0.25, -0.2) is 8.42 Å². The first-order valence-corrected chi connectivity index (χ1v) is 11.4. The van der Waals surface area contributed by atoms with Gasteiger partial charge in [-0.15, -0.1) is 11.8 Å². The van der Waals surface area contributed by atoms with Gasteiger partial charge < -0.3 is 9.64 Å². The van der Waals surface area contributed by atoms with E-state index >= 15 is 0 Å². The fourth-order valence-electron chi connectivity index (χ4n) is 3.06. The van der Waals surface area contributed by atoms with Crippen molar-refractivity contribution in [3.8, 4) is 5.75 Å². The van der Waals surface area contributed by atoms with Gasteiger partial charge in [-0.1, -0.05) is 24.3 Å². The molecule has 1 atom stereocenters. The highest BCUT2D eigenvalue weighted by atomic mass is 32.2. The third kappa shape index (κ3) is 5.05. The number of benzene rings is 2. The molecule has 0 aromatic heterocycles. The van der Waals surface area contributed by atoms with Crippen LogP contribution in [0.2, 0.25) is 0 Å². The highest BCUT2D eigenvalue weighted by Crippen LogP contribution is 2.33. The van der Waals surface area contributed by atoms with Crippen LogP contribution in [0.15, 0.2) is 53.4 Å². The minimum absolute atomic E-state index is 0.0100. The molecule has 0 radical (unpaired) electrons. The first kappa shape index (κ1) is 19.8. The van der Waals surface area contributed by atoms with Gasteiger partial charge in [0.2, 0.25) is 0 Å². The molecule has 1 aliphatic rings. The van der Waals surface area contributed by atoms with E-state index < -0.39 is 9.84 Å². The molecule has 144 valence electrons. The maximum absolute atomic E-state index is 13.0. The quantitative estimate of drug-likeness (QED) is 0.738. The Morgan fingerprint density at radius 3 is 2.52 bits per heavy atom. The minimum atomic E-state index is -2.94. The van der Waals surface area contributed by atoms with E-state index in [2.05, 4.69) is 0 Å². The zero-order chi connectivity index (χ0) is 19.4. The lowest BCUT2D eigenvalue weighted by molar-refractivity contribution is 0.0781. The molecule has 0 aliphatic carbocycles. The molecule has 3 rings (SSSR count). The van der Waals surface area contributed by atoms with Crippen LogP contribution in [0.3, 0.4) is 0 Å². The van der Waals surface area contributed by atoms with Crippen LogP contribution in [0, 0.1) is 0 Å². The fraction of sp³-hybridized carbons (Fsp3) is 0.350. The predicted molar refractivity (Wildman–Crippen MR) is 108 cm³/mol. The van der Waals surface area contributed by atoms with Crippen LogP contribution in [-0.4, -0.2) is 50.1 Å². The third-order valence-electron chi connectivity index (χ3n) is 4.53. The Morgan fingerprint density at radius 2 is 1.89 bits per heavy atom. The average Bonchev–Trinajstić information content (AvgIpc) is 3.00. The number of amides is 1. The van der Waals surface area contributed by atoms with Crippen LogP contribution in [0.4, 0.5) is 0 Å². The second-order valence-electron chi connectivity index (χ2n) is 6.65. The molecule has 2 aromatic carbocycles. The molecule has 1 heterocycles. The summed E-state index contributed by atoms with van der Waals surface area (Å²) in [5, 5.41) is 0.0100. The number of methoxy groups -OCH3 is 1. The second-order valence-corrected chi connectivity index (χ2v) is 10.2. The lowest BCUT2D eigenvalue weighted by atomic mass is 10.1. The molecule has 1 saturated heterocycles. The molecule has 1 amide bonds. The Morgan fingerprint density at radius 1 is 1.19 bits per heavy atom. The molecule has 0 bridgehead atoms. The van der Waals surface area contributed by atoms with Crippen molar-refractivity contribution >= 4 is 27.5 Å². The number of carbonyl (C=O) groups excluding carboxylic acids is 1. The Hall–Kier alpha value is -1.99. The molecule has 7 heteroatoms. The number of carbonyl (C=O) groups is 1. The van der Waals surface area contributed by atoms with E-state index in [0.29, 0.717) is 18.5 Å². The number of ether oxygens (including phenoxy) is 1. The van der Waals surface area contributed by atoms with Gasteiger partial charge in [0.15, 0.2) is 9.84 Å². The van der Waals surface area contributed by atoms with Gasteiger partial charge in [0.1, 0.15) is 5.75 Å². The molecule has 0 spiro atoms. The van der Waals surface area contributed by atoms with Gasteiger partial charge in [0, 0.05) is 23.7 Å². The van der Waals surface area contributed by atoms with E-state index in [1.807, 2.05) is 42.5 Å². The number of thioether (sulfide) groups is 1. The van der Waals surface area contributed by atoms with Gasteiger partial charge >= 0.3 is 0 Å². The zero-order valence-electron chi connectivity index (χ0n) is 15.4. The molecule has 27 heavy (non-hydrogen) atoms. The van der Waals surface area contributed by atoms with Crippen molar-refractivity contribution < 1.29 is 17.9 Å². The maximum atomic E-state index is 13.0. The Labute approximate surface area is 164 Å². The molecule has 1 aliphatic heterocycles. The van der Waals surface area contributed by atoms with Crippen molar-refractivity contribution in [2.45, 2.75) is 23.1 Å². The smallest absolute Gasteiger partial charge is 0.255 e. The standard InChI is InChI=1S/C20H23NO4S2/c1-21(13-15-7-9-16(25-2)10-8-15)20(22)18-5-3-4-6-19(18)26-17-11-12-27(23,24)14-17/h3-10,17H,11-14H2,1-2H3/t17-/m0/s1. The number of rotatable bonds is 6. The van der Waals surface area contributed by atoms with Gasteiger partial charge in [0.25, 0.3) is 5.91 Å². The Kier molecular flexibility index (Phi) is 6.11. The van der Waals surface area contributed by atoms with Crippen molar-refractivity contribution in [3.63, 3.8) is 0 Å². The van der Waals surface area contributed by atoms with E-state index in [0.717, 1.165) is 16.2 Å². The van der Waals surface area contributed by atoms with Gasteiger partial charge in [0.05, 0.1) is 24.2 Å². The summed E-state index contributed by atoms with van der Waals surface area (Å²) < 4.78 is 28.6. The highest BCUT2D eigenvalue weighted by molar-refractivity contribution is 8.02. The first-order valence-electron chi connectivity index (χ1n) is 8.72. The summed E-state index contributed by atoms with van der Waals surface area (Å²) >= 11 is 1.49. The van der Waals surface area contributed by atoms with Crippen molar-refractivity contribution in [1.29, 1.82) is 0 Å². The second kappa shape index (κ2) is 8.35. The van der Waals surface area contributed by atoms with Crippen LogP contribution in [-0.2, 0) is 16.4 Å². The van der Waals surface area contributed by atoms with Gasteiger partial charge in [-0.2, -0.15) is 0 Å². The summed E-state index contributed by atoms with van der Waals surface area (Å²) in [5.74, 6) is 1.12. The molecule has 1 fully saturated rings. The van der Waals surface area contributed by atoms with Crippen molar-refractivity contribution in [1.82, 2.24) is 4.90 Å². The lowest BCUT2D eigenvalue weighted by Crippen LogP contribution is -2.26. The lowest BCUT2D eigenvalue weighted by Gasteiger charge is -2.20. The van der Waals surface area contributed by atoms with E-state index in [1.165, 1.54) is 11.8 Å². The van der Waals surface area contributed by atoms with E-state index in [1.54, 1.807) is 25.1 Å². The molecule has 2 aromatic rings. The van der Waals surface area contributed by atoms with Crippen LogP contribution in [0.1, 0.15) is 22.3 Å². The normalized spacial score (nSPS) is 18.2. The van der Waals surface area contributed by atoms with E-state index in [4.69, 9.17) is 4.74 Å². The fourth-order valence-corrected chi connectivity index (χ4v) is 6.68. The zero-order valence-corrected chi connectivity index (χ0v) is 17.1. The number of hydrogen-bond donors (Lipinski definition) is 0. The summed E-state index contributed by atoms with van der Waals surface area (Å²) in [6.07, 6.45) is 0.636. The number of sulfone groups is 1. The minimum Gasteiger partial charge on any atom is -0.497 e. The molecule has 0 N–H and O–H groups in total. The van der Waals surface area contributed by atoms with Crippen LogP contribution in [0.5, 0.6) is 5.75 Å². The van der Waals surface area contributed by atoms with Gasteiger partial charge in [-0.05, 0) is 36.2 Å². The SMILES string of the molecule is COc1ccc(CN(C)C(=O)c2ccccc2S[C@H]2CCS(=O)(=O)C2)cc1. The van der Waals surface area contributed by atoms with Crippen molar-refractivity contribution in [3.05, 3.63) is 59.7 Å². The van der Waals surface area contributed by atoms with Crippen LogP contribution in [0.25, 0.3) is 0 Å². The Bertz CT molecular complexity index is 910. The predicted octanol–water partition coefficient (Wildman–Crippen LogP) is 3.25. The van der Waals surface area contributed by atoms with E-state index in [9.17, 15) is 13.2 Å². The van der Waals surface area contributed by atoms with Gasteiger partial charge in [-0.3, -0.25) is 4.79 Å².